The minimum Gasteiger partial charge on any atom is -0.378 e. The van der Waals surface area contributed by atoms with E-state index in [9.17, 15) is 4.79 Å². The zero-order valence-corrected chi connectivity index (χ0v) is 18.0. The second kappa shape index (κ2) is 8.81. The molecule has 0 saturated carbocycles. The summed E-state index contributed by atoms with van der Waals surface area (Å²) >= 11 is 0. The van der Waals surface area contributed by atoms with Crippen LogP contribution >= 0.6 is 0 Å². The first-order chi connectivity index (χ1) is 15.7. The smallest absolute Gasteiger partial charge is 0.255 e. The number of amides is 1. The van der Waals surface area contributed by atoms with Gasteiger partial charge in [-0.2, -0.15) is 0 Å². The molecule has 1 N–H and O–H groups in total. The van der Waals surface area contributed by atoms with E-state index < -0.39 is 0 Å². The summed E-state index contributed by atoms with van der Waals surface area (Å²) < 4.78 is 5.57. The van der Waals surface area contributed by atoms with Gasteiger partial charge in [-0.1, -0.05) is 48.0 Å². The van der Waals surface area contributed by atoms with Crippen molar-refractivity contribution in [2.45, 2.75) is 6.92 Å². The highest BCUT2D eigenvalue weighted by Gasteiger charge is 2.17. The fraction of sp³-hybridized carbons (Fsp3) is 0.185. The first-order valence-electron chi connectivity index (χ1n) is 10.9. The van der Waals surface area contributed by atoms with Crippen LogP contribution in [0.25, 0.3) is 22.2 Å². The van der Waals surface area contributed by atoms with Crippen molar-refractivity contribution in [2.75, 3.05) is 36.5 Å². The Hall–Kier alpha value is -3.70. The normalized spacial score (nSPS) is 13.8. The van der Waals surface area contributed by atoms with Gasteiger partial charge >= 0.3 is 0 Å². The molecule has 5 nitrogen and oxygen atoms in total. The summed E-state index contributed by atoms with van der Waals surface area (Å²) in [6.45, 7) is 5.07. The number of carbonyl (C=O) groups is 1. The third-order valence-corrected chi connectivity index (χ3v) is 5.78. The van der Waals surface area contributed by atoms with Crippen molar-refractivity contribution in [1.82, 2.24) is 4.98 Å². The number of anilines is 2. The molecule has 0 bridgehead atoms. The largest absolute Gasteiger partial charge is 0.378 e. The molecule has 0 radical (unpaired) electrons. The molecule has 3 aromatic carbocycles. The van der Waals surface area contributed by atoms with E-state index in [4.69, 9.17) is 9.72 Å². The van der Waals surface area contributed by atoms with Crippen LogP contribution < -0.4 is 10.2 Å². The molecule has 2 heterocycles. The highest BCUT2D eigenvalue weighted by atomic mass is 16.5. The maximum atomic E-state index is 12.7. The van der Waals surface area contributed by atoms with Crippen molar-refractivity contribution < 1.29 is 9.53 Å². The number of nitrogens with zero attached hydrogens (tertiary/aromatic N) is 2. The van der Waals surface area contributed by atoms with Crippen LogP contribution in [0, 0.1) is 6.92 Å². The molecule has 0 atom stereocenters. The molecule has 32 heavy (non-hydrogen) atoms. The monoisotopic (exact) mass is 423 g/mol. The number of fused-ring (bicyclic) bond motifs is 1. The van der Waals surface area contributed by atoms with E-state index in [-0.39, 0.29) is 5.91 Å². The molecule has 0 aliphatic carbocycles. The van der Waals surface area contributed by atoms with Crippen LogP contribution in [0.5, 0.6) is 0 Å². The summed E-state index contributed by atoms with van der Waals surface area (Å²) in [5, 5.41) is 4.06. The van der Waals surface area contributed by atoms with Crippen LogP contribution in [0.1, 0.15) is 15.9 Å². The summed E-state index contributed by atoms with van der Waals surface area (Å²) in [5.41, 5.74) is 6.57. The van der Waals surface area contributed by atoms with Gasteiger partial charge in [0.2, 0.25) is 0 Å². The highest BCUT2D eigenvalue weighted by molar-refractivity contribution is 6.06. The topological polar surface area (TPSA) is 54.5 Å². The van der Waals surface area contributed by atoms with Crippen LogP contribution in [0.4, 0.5) is 11.4 Å². The van der Waals surface area contributed by atoms with E-state index in [1.165, 1.54) is 0 Å². The van der Waals surface area contributed by atoms with Crippen molar-refractivity contribution in [1.29, 1.82) is 0 Å². The van der Waals surface area contributed by atoms with Crippen LogP contribution in [0.3, 0.4) is 0 Å². The summed E-state index contributed by atoms with van der Waals surface area (Å²) in [6, 6.07) is 25.9. The molecule has 5 heteroatoms. The number of hydrogen-bond donors (Lipinski definition) is 1. The Morgan fingerprint density at radius 3 is 2.44 bits per heavy atom. The predicted molar refractivity (Wildman–Crippen MR) is 129 cm³/mol. The highest BCUT2D eigenvalue weighted by Crippen LogP contribution is 2.33. The quantitative estimate of drug-likeness (QED) is 0.484. The number of carbonyl (C=O) groups excluding carboxylic acids is 1. The zero-order chi connectivity index (χ0) is 21.9. The molecular formula is C27H25N3O2. The number of morpholine rings is 1. The minimum absolute atomic E-state index is 0.119. The maximum absolute atomic E-state index is 12.7. The van der Waals surface area contributed by atoms with Gasteiger partial charge in [-0.05, 0) is 43.3 Å². The predicted octanol–water partition coefficient (Wildman–Crippen LogP) is 5.30. The zero-order valence-electron chi connectivity index (χ0n) is 18.0. The first-order valence-corrected chi connectivity index (χ1v) is 10.9. The number of benzene rings is 3. The van der Waals surface area contributed by atoms with Gasteiger partial charge in [0, 0.05) is 41.0 Å². The van der Waals surface area contributed by atoms with Crippen molar-refractivity contribution in [3.8, 4) is 11.3 Å². The number of aryl methyl sites for hydroxylation is 1. The van der Waals surface area contributed by atoms with Gasteiger partial charge in [-0.15, -0.1) is 0 Å². The average molecular weight is 424 g/mol. The second-order valence-corrected chi connectivity index (χ2v) is 8.04. The Balaban J connectivity index is 1.54. The van der Waals surface area contributed by atoms with Crippen LogP contribution in [-0.2, 0) is 4.74 Å². The van der Waals surface area contributed by atoms with E-state index in [1.54, 1.807) is 0 Å². The molecule has 5 rings (SSSR count). The number of aromatic nitrogens is 1. The van der Waals surface area contributed by atoms with E-state index in [1.807, 2.05) is 67.6 Å². The van der Waals surface area contributed by atoms with Crippen molar-refractivity contribution in [3.05, 3.63) is 90.0 Å². The Morgan fingerprint density at radius 1 is 0.938 bits per heavy atom. The van der Waals surface area contributed by atoms with E-state index >= 15 is 0 Å². The number of nitrogens with one attached hydrogen (secondary N) is 1. The second-order valence-electron chi connectivity index (χ2n) is 8.04. The van der Waals surface area contributed by atoms with Crippen LogP contribution in [0.15, 0.2) is 78.9 Å². The minimum atomic E-state index is -0.119. The standard InChI is InChI=1S/C27H25N3O2/c1-19-7-9-21(10-8-19)27(31)28-22-11-12-24-23(17-22)26(30-13-15-32-16-14-30)18-25(29-24)20-5-3-2-4-6-20/h2-12,17-18H,13-16H2,1H3,(H,28,31). The molecule has 160 valence electrons. The molecule has 1 aliphatic rings. The lowest BCUT2D eigenvalue weighted by Crippen LogP contribution is -2.36. The summed E-state index contributed by atoms with van der Waals surface area (Å²) in [6.07, 6.45) is 0. The Bertz CT molecular complexity index is 1250. The van der Waals surface area contributed by atoms with Crippen LogP contribution in [0.2, 0.25) is 0 Å². The third kappa shape index (κ3) is 4.20. The number of pyridine rings is 1. The maximum Gasteiger partial charge on any atom is 0.255 e. The number of hydrogen-bond acceptors (Lipinski definition) is 4. The molecule has 1 amide bonds. The lowest BCUT2D eigenvalue weighted by atomic mass is 10.1. The van der Waals surface area contributed by atoms with Crippen molar-refractivity contribution in [3.63, 3.8) is 0 Å². The van der Waals surface area contributed by atoms with Gasteiger partial charge in [-0.3, -0.25) is 4.79 Å². The lowest BCUT2D eigenvalue weighted by molar-refractivity contribution is 0.102. The molecule has 1 fully saturated rings. The summed E-state index contributed by atoms with van der Waals surface area (Å²) in [5.74, 6) is -0.119. The van der Waals surface area contributed by atoms with Gasteiger partial charge < -0.3 is 15.0 Å². The molecule has 4 aromatic rings. The molecule has 0 unspecified atom stereocenters. The Kier molecular flexibility index (Phi) is 5.57. The molecule has 1 saturated heterocycles. The Morgan fingerprint density at radius 2 is 1.69 bits per heavy atom. The van der Waals surface area contributed by atoms with Crippen molar-refractivity contribution in [2.24, 2.45) is 0 Å². The first kappa shape index (κ1) is 20.2. The molecular weight excluding hydrogens is 398 g/mol. The molecule has 1 aliphatic heterocycles. The summed E-state index contributed by atoms with van der Waals surface area (Å²) in [4.78, 5) is 20.0. The van der Waals surface area contributed by atoms with E-state index in [2.05, 4.69) is 28.4 Å². The van der Waals surface area contributed by atoms with Gasteiger partial charge in [0.15, 0.2) is 0 Å². The van der Waals surface area contributed by atoms with Gasteiger partial charge in [0.25, 0.3) is 5.91 Å². The fourth-order valence-corrected chi connectivity index (χ4v) is 4.02. The average Bonchev–Trinajstić information content (AvgIpc) is 2.85. The van der Waals surface area contributed by atoms with Crippen LogP contribution in [-0.4, -0.2) is 37.2 Å². The molecule has 1 aromatic heterocycles. The third-order valence-electron chi connectivity index (χ3n) is 5.78. The number of rotatable bonds is 4. The SMILES string of the molecule is Cc1ccc(C(=O)Nc2ccc3nc(-c4ccccc4)cc(N4CCOCC4)c3c2)cc1. The van der Waals surface area contributed by atoms with Gasteiger partial charge in [0.1, 0.15) is 0 Å². The summed E-state index contributed by atoms with van der Waals surface area (Å²) in [7, 11) is 0. The number of ether oxygens (including phenoxy) is 1. The fourth-order valence-electron chi connectivity index (χ4n) is 4.02. The van der Waals surface area contributed by atoms with E-state index in [0.717, 1.165) is 52.2 Å². The lowest BCUT2D eigenvalue weighted by Gasteiger charge is -2.30. The van der Waals surface area contributed by atoms with E-state index in [0.29, 0.717) is 18.8 Å². The van der Waals surface area contributed by atoms with Gasteiger partial charge in [0.05, 0.1) is 24.4 Å². The Labute approximate surface area is 187 Å². The van der Waals surface area contributed by atoms with Gasteiger partial charge in [-0.25, -0.2) is 4.98 Å². The molecule has 0 spiro atoms. The van der Waals surface area contributed by atoms with Crippen molar-refractivity contribution >= 4 is 28.2 Å².